The molecule has 0 amide bonds. The number of rotatable bonds is 4. The molecule has 0 radical (unpaired) electrons. The van der Waals surface area contributed by atoms with Gasteiger partial charge >= 0.3 is 0 Å². The molecule has 4 heteroatoms. The lowest BCUT2D eigenvalue weighted by Gasteiger charge is -2.18. The summed E-state index contributed by atoms with van der Waals surface area (Å²) in [5, 5.41) is 10.1. The number of nitriles is 1. The van der Waals surface area contributed by atoms with Crippen molar-refractivity contribution >= 4 is 16.7 Å². The summed E-state index contributed by atoms with van der Waals surface area (Å²) in [7, 11) is 1.97. The van der Waals surface area contributed by atoms with E-state index in [0.717, 1.165) is 29.7 Å². The van der Waals surface area contributed by atoms with E-state index in [0.29, 0.717) is 12.1 Å². The molecule has 2 aromatic rings. The fraction of sp³-hybridized carbons (Fsp3) is 0.286. The van der Waals surface area contributed by atoms with Gasteiger partial charge in [-0.25, -0.2) is 4.98 Å². The first-order chi connectivity index (χ1) is 8.76. The van der Waals surface area contributed by atoms with E-state index in [4.69, 9.17) is 5.73 Å². The third-order valence-corrected chi connectivity index (χ3v) is 2.91. The molecule has 0 saturated heterocycles. The van der Waals surface area contributed by atoms with Crippen LogP contribution < -0.4 is 10.6 Å². The molecule has 0 atom stereocenters. The maximum atomic E-state index is 9.20. The van der Waals surface area contributed by atoms with Gasteiger partial charge in [-0.1, -0.05) is 18.2 Å². The molecule has 0 aliphatic carbocycles. The Balaban J connectivity index is 2.44. The number of aromatic nitrogens is 1. The molecular weight excluding hydrogens is 224 g/mol. The zero-order valence-electron chi connectivity index (χ0n) is 10.4. The summed E-state index contributed by atoms with van der Waals surface area (Å²) in [6.07, 6.45) is 0.910. The summed E-state index contributed by atoms with van der Waals surface area (Å²) in [4.78, 5) is 6.60. The van der Waals surface area contributed by atoms with Crippen LogP contribution in [0.4, 0.5) is 5.82 Å². The van der Waals surface area contributed by atoms with Gasteiger partial charge in [0.2, 0.25) is 0 Å². The van der Waals surface area contributed by atoms with Crippen LogP contribution in [0.3, 0.4) is 0 Å². The minimum atomic E-state index is 0.656. The highest BCUT2D eigenvalue weighted by molar-refractivity contribution is 5.86. The van der Waals surface area contributed by atoms with E-state index in [-0.39, 0.29) is 0 Å². The Morgan fingerprint density at radius 1 is 1.39 bits per heavy atom. The molecule has 2 rings (SSSR count). The molecule has 1 aromatic heterocycles. The van der Waals surface area contributed by atoms with Gasteiger partial charge in [0.25, 0.3) is 0 Å². The number of pyridine rings is 1. The van der Waals surface area contributed by atoms with Crippen LogP contribution in [0.25, 0.3) is 10.9 Å². The van der Waals surface area contributed by atoms with Gasteiger partial charge < -0.3 is 10.6 Å². The zero-order chi connectivity index (χ0) is 13.0. The molecule has 0 aliphatic heterocycles. The minimum absolute atomic E-state index is 0.656. The van der Waals surface area contributed by atoms with Gasteiger partial charge in [0.1, 0.15) is 5.82 Å². The van der Waals surface area contributed by atoms with Crippen LogP contribution in [-0.2, 0) is 0 Å². The van der Waals surface area contributed by atoms with Crippen molar-refractivity contribution in [3.05, 3.63) is 35.9 Å². The van der Waals surface area contributed by atoms with E-state index < -0.39 is 0 Å². The van der Waals surface area contributed by atoms with Gasteiger partial charge in [-0.2, -0.15) is 5.26 Å². The van der Waals surface area contributed by atoms with Gasteiger partial charge in [0, 0.05) is 19.0 Å². The SMILES string of the molecule is CN(CCCN)c1cc(C#N)c2ccccc2n1. The van der Waals surface area contributed by atoms with Crippen LogP contribution in [0.5, 0.6) is 0 Å². The number of benzene rings is 1. The van der Waals surface area contributed by atoms with E-state index in [1.807, 2.05) is 42.3 Å². The quantitative estimate of drug-likeness (QED) is 0.886. The molecule has 1 aromatic carbocycles. The van der Waals surface area contributed by atoms with E-state index >= 15 is 0 Å². The van der Waals surface area contributed by atoms with Crippen LogP contribution in [-0.4, -0.2) is 25.1 Å². The Hall–Kier alpha value is -2.12. The molecule has 0 saturated carbocycles. The third-order valence-electron chi connectivity index (χ3n) is 2.91. The van der Waals surface area contributed by atoms with Gasteiger partial charge in [-0.3, -0.25) is 0 Å². The number of fused-ring (bicyclic) bond motifs is 1. The summed E-state index contributed by atoms with van der Waals surface area (Å²) < 4.78 is 0. The lowest BCUT2D eigenvalue weighted by atomic mass is 10.1. The number of hydrogen-bond acceptors (Lipinski definition) is 4. The first kappa shape index (κ1) is 12.3. The first-order valence-corrected chi connectivity index (χ1v) is 5.97. The van der Waals surface area contributed by atoms with Crippen molar-refractivity contribution in [2.45, 2.75) is 6.42 Å². The summed E-state index contributed by atoms with van der Waals surface area (Å²) in [5.41, 5.74) is 7.02. The number of hydrogen-bond donors (Lipinski definition) is 1. The van der Waals surface area contributed by atoms with E-state index in [1.165, 1.54) is 0 Å². The molecule has 0 unspecified atom stereocenters. The molecule has 0 bridgehead atoms. The smallest absolute Gasteiger partial charge is 0.130 e. The fourth-order valence-corrected chi connectivity index (χ4v) is 1.89. The summed E-state index contributed by atoms with van der Waals surface area (Å²) in [5.74, 6) is 0.818. The summed E-state index contributed by atoms with van der Waals surface area (Å²) >= 11 is 0. The monoisotopic (exact) mass is 240 g/mol. The first-order valence-electron chi connectivity index (χ1n) is 5.97. The molecule has 4 nitrogen and oxygen atoms in total. The molecular formula is C14H16N4. The molecule has 92 valence electrons. The zero-order valence-corrected chi connectivity index (χ0v) is 10.4. The highest BCUT2D eigenvalue weighted by Gasteiger charge is 2.08. The lowest BCUT2D eigenvalue weighted by molar-refractivity contribution is 0.788. The predicted octanol–water partition coefficient (Wildman–Crippen LogP) is 1.89. The number of para-hydroxylation sites is 1. The van der Waals surface area contributed by atoms with Crippen molar-refractivity contribution in [3.63, 3.8) is 0 Å². The van der Waals surface area contributed by atoms with Crippen LogP contribution in [0.15, 0.2) is 30.3 Å². The highest BCUT2D eigenvalue weighted by Crippen LogP contribution is 2.21. The van der Waals surface area contributed by atoms with Crippen molar-refractivity contribution in [1.29, 1.82) is 5.26 Å². The van der Waals surface area contributed by atoms with Crippen molar-refractivity contribution in [2.24, 2.45) is 5.73 Å². The molecule has 0 aliphatic rings. The highest BCUT2D eigenvalue weighted by atomic mass is 15.2. The van der Waals surface area contributed by atoms with E-state index in [9.17, 15) is 5.26 Å². The largest absolute Gasteiger partial charge is 0.360 e. The summed E-state index contributed by atoms with van der Waals surface area (Å²) in [6.45, 7) is 1.50. The third kappa shape index (κ3) is 2.41. The van der Waals surface area contributed by atoms with Crippen LogP contribution in [0, 0.1) is 11.3 Å². The molecule has 18 heavy (non-hydrogen) atoms. The Labute approximate surface area is 107 Å². The standard InChI is InChI=1S/C14H16N4/c1-18(8-4-7-15)14-9-11(10-16)12-5-2-3-6-13(12)17-14/h2-3,5-6,9H,4,7-8,15H2,1H3. The maximum absolute atomic E-state index is 9.20. The van der Waals surface area contributed by atoms with Crippen molar-refractivity contribution in [3.8, 4) is 6.07 Å². The van der Waals surface area contributed by atoms with Crippen LogP contribution >= 0.6 is 0 Å². The Bertz CT molecular complexity index is 586. The van der Waals surface area contributed by atoms with Crippen molar-refractivity contribution < 1.29 is 0 Å². The van der Waals surface area contributed by atoms with Crippen molar-refractivity contribution in [2.75, 3.05) is 25.0 Å². The molecule has 1 heterocycles. The summed E-state index contributed by atoms with van der Waals surface area (Å²) in [6, 6.07) is 11.8. The number of anilines is 1. The Kier molecular flexibility index (Phi) is 3.75. The predicted molar refractivity (Wildman–Crippen MR) is 73.4 cm³/mol. The average molecular weight is 240 g/mol. The van der Waals surface area contributed by atoms with Gasteiger partial charge in [0.05, 0.1) is 17.1 Å². The van der Waals surface area contributed by atoms with Gasteiger partial charge in [-0.05, 0) is 25.1 Å². The maximum Gasteiger partial charge on any atom is 0.130 e. The Morgan fingerprint density at radius 2 is 2.17 bits per heavy atom. The molecule has 2 N–H and O–H groups in total. The average Bonchev–Trinajstić information content (AvgIpc) is 2.43. The second-order valence-electron chi connectivity index (χ2n) is 4.22. The van der Waals surface area contributed by atoms with Crippen LogP contribution in [0.2, 0.25) is 0 Å². The number of nitrogens with zero attached hydrogens (tertiary/aromatic N) is 3. The second-order valence-corrected chi connectivity index (χ2v) is 4.22. The molecule has 0 spiro atoms. The fourth-order valence-electron chi connectivity index (χ4n) is 1.89. The van der Waals surface area contributed by atoms with E-state index in [1.54, 1.807) is 0 Å². The van der Waals surface area contributed by atoms with Crippen LogP contribution in [0.1, 0.15) is 12.0 Å². The van der Waals surface area contributed by atoms with E-state index in [2.05, 4.69) is 11.1 Å². The number of nitrogens with two attached hydrogens (primary N) is 1. The lowest BCUT2D eigenvalue weighted by Crippen LogP contribution is -2.22. The minimum Gasteiger partial charge on any atom is -0.360 e. The van der Waals surface area contributed by atoms with Gasteiger partial charge in [-0.15, -0.1) is 0 Å². The topological polar surface area (TPSA) is 65.9 Å². The van der Waals surface area contributed by atoms with Gasteiger partial charge in [0.15, 0.2) is 0 Å². The normalized spacial score (nSPS) is 10.3. The second kappa shape index (κ2) is 5.48. The molecule has 0 fully saturated rings. The van der Waals surface area contributed by atoms with Crippen molar-refractivity contribution in [1.82, 2.24) is 4.98 Å². The Morgan fingerprint density at radius 3 is 2.89 bits per heavy atom.